The molecule has 8 nitrogen and oxygen atoms in total. The Hall–Kier alpha value is -8.10. The molecule has 0 fully saturated rings. The van der Waals surface area contributed by atoms with Gasteiger partial charge in [0, 0.05) is 34.6 Å². The van der Waals surface area contributed by atoms with Gasteiger partial charge in [0.15, 0.2) is 0 Å². The molecule has 0 bridgehead atoms. The lowest BCUT2D eigenvalue weighted by Gasteiger charge is -2.22. The van der Waals surface area contributed by atoms with Crippen LogP contribution in [-0.4, -0.2) is 44.8 Å². The van der Waals surface area contributed by atoms with Gasteiger partial charge < -0.3 is 19.9 Å². The van der Waals surface area contributed by atoms with Crippen LogP contribution in [0, 0.1) is 27.7 Å². The fraction of sp³-hybridized carbons (Fsp3) is 0.107. The molecule has 0 saturated heterocycles. The minimum atomic E-state index is -0.0260. The van der Waals surface area contributed by atoms with E-state index in [1.807, 2.05) is 76.8 Å². The predicted molar refractivity (Wildman–Crippen MR) is 265 cm³/mol. The topological polar surface area (TPSA) is 113 Å². The average Bonchev–Trinajstić information content (AvgIpc) is 4.15. The van der Waals surface area contributed by atoms with E-state index in [-0.39, 0.29) is 11.8 Å². The summed E-state index contributed by atoms with van der Waals surface area (Å²) in [7, 11) is 0. The van der Waals surface area contributed by atoms with Gasteiger partial charge in [0.05, 0.1) is 70.4 Å². The van der Waals surface area contributed by atoms with Crippen molar-refractivity contribution in [1.82, 2.24) is 19.9 Å². The maximum absolute atomic E-state index is 4.75. The first-order valence-corrected chi connectivity index (χ1v) is 21.6. The SMILES string of the molecule is Cc1ccc(/C=N/c2ccc(C(c3ccc(/N=C/c4ccc(C)[nH]4)cc3)c3ccc(C(c4ccc(/N=C/c5ccc(C)[nH]5)cc4)c4ccc(/N=C/c5ccc(C)[nH]5)cc4)cc3)cc2)[nH]1. The van der Waals surface area contributed by atoms with E-state index in [0.717, 1.165) is 68.3 Å². The highest BCUT2D eigenvalue weighted by Gasteiger charge is 2.21. The lowest BCUT2D eigenvalue weighted by molar-refractivity contribution is 0.951. The van der Waals surface area contributed by atoms with Crippen LogP contribution in [0.3, 0.4) is 0 Å². The third-order valence-electron chi connectivity index (χ3n) is 11.3. The second kappa shape index (κ2) is 18.9. The molecule has 8 heteroatoms. The summed E-state index contributed by atoms with van der Waals surface area (Å²) in [4.78, 5) is 32.3. The zero-order valence-corrected chi connectivity index (χ0v) is 36.4. The van der Waals surface area contributed by atoms with E-state index in [1.54, 1.807) is 0 Å². The third kappa shape index (κ3) is 10.2. The molecule has 0 saturated carbocycles. The Kier molecular flexibility index (Phi) is 12.2. The Morgan fingerprint density at radius 3 is 0.625 bits per heavy atom. The molecule has 4 N–H and O–H groups in total. The monoisotopic (exact) mass is 834 g/mol. The van der Waals surface area contributed by atoms with Crippen molar-refractivity contribution in [2.75, 3.05) is 0 Å². The van der Waals surface area contributed by atoms with Gasteiger partial charge >= 0.3 is 0 Å². The molecule has 0 atom stereocenters. The van der Waals surface area contributed by atoms with E-state index in [1.165, 1.54) is 33.4 Å². The fourth-order valence-corrected chi connectivity index (χ4v) is 8.03. The van der Waals surface area contributed by atoms with Crippen molar-refractivity contribution in [3.05, 3.63) is 249 Å². The minimum Gasteiger partial charge on any atom is -0.358 e. The zero-order valence-electron chi connectivity index (χ0n) is 36.4. The molecule has 9 aromatic rings. The lowest BCUT2D eigenvalue weighted by atomic mass is 9.81. The van der Waals surface area contributed by atoms with Crippen LogP contribution in [0.4, 0.5) is 22.7 Å². The number of rotatable bonds is 14. The average molecular weight is 835 g/mol. The van der Waals surface area contributed by atoms with Gasteiger partial charge in [-0.15, -0.1) is 0 Å². The molecule has 0 aliphatic rings. The van der Waals surface area contributed by atoms with E-state index in [9.17, 15) is 0 Å². The Morgan fingerprint density at radius 1 is 0.266 bits per heavy atom. The minimum absolute atomic E-state index is 0.0260. The van der Waals surface area contributed by atoms with Crippen LogP contribution in [0.25, 0.3) is 0 Å². The summed E-state index contributed by atoms with van der Waals surface area (Å²) in [6.45, 7) is 8.17. The quantitative estimate of drug-likeness (QED) is 0.0618. The molecule has 0 amide bonds. The second-order valence-corrected chi connectivity index (χ2v) is 16.3. The number of aliphatic imine (C=N–C) groups is 4. The molecule has 0 unspecified atom stereocenters. The Balaban J connectivity index is 1.04. The second-order valence-electron chi connectivity index (χ2n) is 16.3. The molecule has 5 aromatic carbocycles. The molecular weight excluding hydrogens is 785 g/mol. The zero-order chi connectivity index (χ0) is 43.8. The molecule has 64 heavy (non-hydrogen) atoms. The molecule has 9 rings (SSSR count). The molecule has 314 valence electrons. The Labute approximate surface area is 374 Å². The van der Waals surface area contributed by atoms with Crippen molar-refractivity contribution in [3.63, 3.8) is 0 Å². The fourth-order valence-electron chi connectivity index (χ4n) is 8.03. The first kappa shape index (κ1) is 41.3. The summed E-state index contributed by atoms with van der Waals surface area (Å²) in [5, 5.41) is 0. The first-order valence-electron chi connectivity index (χ1n) is 21.6. The van der Waals surface area contributed by atoms with Gasteiger partial charge in [-0.1, -0.05) is 72.8 Å². The molecule has 0 aliphatic carbocycles. The van der Waals surface area contributed by atoms with E-state index in [0.29, 0.717) is 0 Å². The standard InChI is InChI=1S/C56H50N8/c1-37-5-21-51(61-37)33-57-47-25-13-43(14-26-47)55(44-15-27-48(28-16-44)58-34-52-22-6-38(2)62-52)41-9-11-42(12-10-41)56(45-17-29-49(30-18-45)59-35-53-23-7-39(3)63-53)46-19-31-50(32-20-46)60-36-54-24-8-40(4)64-54/h5-36,55-56,61-64H,1-4H3/b57-33+,58-34+,59-35+,60-36+. The van der Waals surface area contributed by atoms with E-state index in [4.69, 9.17) is 20.0 Å². The van der Waals surface area contributed by atoms with Gasteiger partial charge in [-0.2, -0.15) is 0 Å². The summed E-state index contributed by atoms with van der Waals surface area (Å²) in [5.41, 5.74) is 19.0. The number of aromatic nitrogens is 4. The Bertz CT molecular complexity index is 2660. The van der Waals surface area contributed by atoms with Crippen LogP contribution in [0.2, 0.25) is 0 Å². The largest absolute Gasteiger partial charge is 0.358 e. The van der Waals surface area contributed by atoms with Crippen molar-refractivity contribution < 1.29 is 0 Å². The summed E-state index contributed by atoms with van der Waals surface area (Å²) >= 11 is 0. The highest BCUT2D eigenvalue weighted by molar-refractivity contribution is 5.82. The number of nitrogens with zero attached hydrogens (tertiary/aromatic N) is 4. The number of hydrogen-bond donors (Lipinski definition) is 4. The summed E-state index contributed by atoms with van der Waals surface area (Å²) in [5.74, 6) is -0.0521. The van der Waals surface area contributed by atoms with Gasteiger partial charge in [0.1, 0.15) is 0 Å². The molecule has 4 heterocycles. The Morgan fingerprint density at radius 2 is 0.453 bits per heavy atom. The third-order valence-corrected chi connectivity index (χ3v) is 11.3. The summed E-state index contributed by atoms with van der Waals surface area (Å²) in [6.07, 6.45) is 7.49. The van der Waals surface area contributed by atoms with E-state index in [2.05, 4.69) is 166 Å². The van der Waals surface area contributed by atoms with Gasteiger partial charge in [-0.25, -0.2) is 0 Å². The number of H-pyrrole nitrogens is 4. The summed E-state index contributed by atoms with van der Waals surface area (Å²) in [6, 6.07) is 59.7. The van der Waals surface area contributed by atoms with E-state index >= 15 is 0 Å². The van der Waals surface area contributed by atoms with Gasteiger partial charge in [0.25, 0.3) is 0 Å². The van der Waals surface area contributed by atoms with E-state index < -0.39 is 0 Å². The van der Waals surface area contributed by atoms with Gasteiger partial charge in [-0.3, -0.25) is 20.0 Å². The van der Waals surface area contributed by atoms with Crippen molar-refractivity contribution in [3.8, 4) is 0 Å². The van der Waals surface area contributed by atoms with Crippen LogP contribution in [-0.2, 0) is 0 Å². The molecule has 0 radical (unpaired) electrons. The predicted octanol–water partition coefficient (Wildman–Crippen LogP) is 13.6. The van der Waals surface area contributed by atoms with Crippen LogP contribution < -0.4 is 0 Å². The number of hydrogen-bond acceptors (Lipinski definition) is 4. The van der Waals surface area contributed by atoms with Crippen LogP contribution in [0.1, 0.15) is 90.8 Å². The van der Waals surface area contributed by atoms with Gasteiger partial charge in [0.2, 0.25) is 0 Å². The molecular formula is C56H50N8. The van der Waals surface area contributed by atoms with Crippen LogP contribution in [0.15, 0.2) is 190 Å². The normalized spacial score (nSPS) is 12.1. The number of aromatic amines is 4. The maximum atomic E-state index is 4.75. The van der Waals surface area contributed by atoms with Crippen molar-refractivity contribution in [2.45, 2.75) is 39.5 Å². The summed E-state index contributed by atoms with van der Waals surface area (Å²) < 4.78 is 0. The highest BCUT2D eigenvalue weighted by Crippen LogP contribution is 2.38. The van der Waals surface area contributed by atoms with Crippen molar-refractivity contribution in [1.29, 1.82) is 0 Å². The number of nitrogens with one attached hydrogen (secondary N) is 4. The smallest absolute Gasteiger partial charge is 0.0630 e. The van der Waals surface area contributed by atoms with Crippen LogP contribution >= 0.6 is 0 Å². The maximum Gasteiger partial charge on any atom is 0.0630 e. The lowest BCUT2D eigenvalue weighted by Crippen LogP contribution is -2.06. The molecule has 0 spiro atoms. The van der Waals surface area contributed by atoms with Crippen molar-refractivity contribution in [2.24, 2.45) is 20.0 Å². The number of aryl methyl sites for hydroxylation is 4. The number of benzene rings is 5. The van der Waals surface area contributed by atoms with Gasteiger partial charge in [-0.05, 0) is 158 Å². The highest BCUT2D eigenvalue weighted by atomic mass is 14.8. The molecule has 4 aromatic heterocycles. The van der Waals surface area contributed by atoms with Crippen LogP contribution in [0.5, 0.6) is 0 Å². The molecule has 0 aliphatic heterocycles. The first-order chi connectivity index (χ1) is 31.3. The van der Waals surface area contributed by atoms with Crippen molar-refractivity contribution >= 4 is 47.6 Å².